The van der Waals surface area contributed by atoms with Crippen LogP contribution in [0.5, 0.6) is 5.75 Å². The van der Waals surface area contributed by atoms with Crippen LogP contribution in [0.3, 0.4) is 0 Å². The van der Waals surface area contributed by atoms with E-state index in [1.807, 2.05) is 12.1 Å². The Balaban J connectivity index is 1.28. The molecule has 1 aromatic heterocycles. The van der Waals surface area contributed by atoms with E-state index in [0.717, 1.165) is 42.3 Å². The second-order valence-corrected chi connectivity index (χ2v) is 8.97. The summed E-state index contributed by atoms with van der Waals surface area (Å²) >= 11 is 0. The monoisotopic (exact) mass is 414 g/mol. The first-order valence-electron chi connectivity index (χ1n) is 9.88. The van der Waals surface area contributed by atoms with Gasteiger partial charge in [0.05, 0.1) is 16.7 Å². The van der Waals surface area contributed by atoms with Crippen molar-refractivity contribution in [3.63, 3.8) is 0 Å². The third-order valence-corrected chi connectivity index (χ3v) is 6.37. The molecule has 2 aromatic carbocycles. The molecule has 3 aliphatic carbocycles. The zero-order valence-corrected chi connectivity index (χ0v) is 16.4. The van der Waals surface area contributed by atoms with Crippen LogP contribution in [0.15, 0.2) is 48.7 Å². The summed E-state index contributed by atoms with van der Waals surface area (Å²) < 4.78 is 43.8. The zero-order chi connectivity index (χ0) is 21.1. The molecule has 0 spiro atoms. The van der Waals surface area contributed by atoms with E-state index in [1.54, 1.807) is 12.3 Å². The topological polar surface area (TPSA) is 54.1 Å². The number of aromatic amines is 1. The number of benzene rings is 2. The van der Waals surface area contributed by atoms with Gasteiger partial charge in [0.2, 0.25) is 5.91 Å². The molecule has 0 aliphatic heterocycles. The Morgan fingerprint density at radius 3 is 2.47 bits per heavy atom. The van der Waals surface area contributed by atoms with Gasteiger partial charge < -0.3 is 15.0 Å². The highest BCUT2D eigenvalue weighted by molar-refractivity contribution is 6.05. The summed E-state index contributed by atoms with van der Waals surface area (Å²) in [6, 6.07) is 10.4. The van der Waals surface area contributed by atoms with Crippen molar-refractivity contribution in [1.82, 2.24) is 4.98 Å². The molecule has 3 saturated carbocycles. The van der Waals surface area contributed by atoms with Crippen molar-refractivity contribution >= 4 is 22.5 Å². The quantitative estimate of drug-likeness (QED) is 0.547. The lowest BCUT2D eigenvalue weighted by Crippen LogP contribution is -2.65. The highest BCUT2D eigenvalue weighted by atomic mass is 19.4. The number of fused-ring (bicyclic) bond motifs is 1. The van der Waals surface area contributed by atoms with Crippen LogP contribution in [0.1, 0.15) is 37.3 Å². The molecule has 4 nitrogen and oxygen atoms in total. The molecular weight excluding hydrogens is 393 g/mol. The zero-order valence-electron chi connectivity index (χ0n) is 16.4. The lowest BCUT2D eigenvalue weighted by molar-refractivity contribution is -0.194. The predicted octanol–water partition coefficient (Wildman–Crippen LogP) is 5.89. The number of alkyl halides is 3. The Bertz CT molecular complexity index is 1110. The van der Waals surface area contributed by atoms with Crippen LogP contribution in [0.25, 0.3) is 10.9 Å². The number of hydrogen-bond donors (Lipinski definition) is 2. The van der Waals surface area contributed by atoms with Crippen LogP contribution in [0, 0.1) is 10.8 Å². The second kappa shape index (κ2) is 6.27. The molecule has 1 amide bonds. The van der Waals surface area contributed by atoms with Gasteiger partial charge in [0.25, 0.3) is 0 Å². The van der Waals surface area contributed by atoms with Gasteiger partial charge in [-0.3, -0.25) is 4.79 Å². The van der Waals surface area contributed by atoms with E-state index in [0.29, 0.717) is 22.4 Å². The first kappa shape index (κ1) is 19.0. The smallest absolute Gasteiger partial charge is 0.416 e. The van der Waals surface area contributed by atoms with E-state index in [9.17, 15) is 18.0 Å². The van der Waals surface area contributed by atoms with Crippen molar-refractivity contribution in [1.29, 1.82) is 0 Å². The lowest BCUT2D eigenvalue weighted by Gasteiger charge is -2.68. The first-order valence-corrected chi connectivity index (χ1v) is 9.88. The first-order chi connectivity index (χ1) is 14.2. The fourth-order valence-electron chi connectivity index (χ4n) is 5.04. The third kappa shape index (κ3) is 3.13. The Kier molecular flexibility index (Phi) is 3.98. The molecule has 30 heavy (non-hydrogen) atoms. The van der Waals surface area contributed by atoms with Gasteiger partial charge in [-0.1, -0.05) is 19.1 Å². The molecule has 6 rings (SSSR count). The second-order valence-electron chi connectivity index (χ2n) is 8.97. The third-order valence-electron chi connectivity index (χ3n) is 6.37. The minimum Gasteiger partial charge on any atom is -0.489 e. The van der Waals surface area contributed by atoms with Gasteiger partial charge >= 0.3 is 6.18 Å². The normalized spacial score (nSPS) is 24.8. The van der Waals surface area contributed by atoms with Gasteiger partial charge in [0.15, 0.2) is 0 Å². The Hall–Kier alpha value is -2.96. The fourth-order valence-corrected chi connectivity index (χ4v) is 5.04. The van der Waals surface area contributed by atoms with Crippen LogP contribution in [-0.4, -0.2) is 10.9 Å². The molecule has 0 saturated heterocycles. The number of aromatic nitrogens is 1. The number of H-pyrrole nitrogens is 1. The summed E-state index contributed by atoms with van der Waals surface area (Å²) in [6.07, 6.45) is 0.285. The number of halogens is 3. The number of carbonyl (C=O) groups excluding carboxylic acids is 1. The van der Waals surface area contributed by atoms with E-state index in [-0.39, 0.29) is 17.9 Å². The van der Waals surface area contributed by atoms with Crippen molar-refractivity contribution < 1.29 is 22.7 Å². The summed E-state index contributed by atoms with van der Waals surface area (Å²) in [5, 5.41) is 3.89. The fraction of sp³-hybridized carbons (Fsp3) is 0.348. The number of anilines is 1. The summed E-state index contributed by atoms with van der Waals surface area (Å²) in [5.74, 6) is 0.652. The number of amides is 1. The number of hydrogen-bond acceptors (Lipinski definition) is 2. The van der Waals surface area contributed by atoms with Gasteiger partial charge in [0, 0.05) is 17.1 Å². The van der Waals surface area contributed by atoms with Crippen LogP contribution in [-0.2, 0) is 17.6 Å². The Morgan fingerprint density at radius 2 is 1.83 bits per heavy atom. The Morgan fingerprint density at radius 1 is 1.13 bits per heavy atom. The van der Waals surface area contributed by atoms with Crippen molar-refractivity contribution in [2.75, 3.05) is 5.32 Å². The van der Waals surface area contributed by atoms with Crippen LogP contribution >= 0.6 is 0 Å². The minimum absolute atomic E-state index is 0.0724. The van der Waals surface area contributed by atoms with Crippen molar-refractivity contribution in [3.8, 4) is 5.75 Å². The van der Waals surface area contributed by atoms with Gasteiger partial charge in [-0.25, -0.2) is 0 Å². The molecule has 2 bridgehead atoms. The maximum atomic E-state index is 12.7. The average Bonchev–Trinajstić information content (AvgIpc) is 3.05. The van der Waals surface area contributed by atoms with Crippen molar-refractivity contribution in [2.24, 2.45) is 10.8 Å². The molecule has 3 aliphatic rings. The number of nitrogens with one attached hydrogen (secondary N) is 2. The number of ether oxygens (including phenoxy) is 1. The molecule has 0 unspecified atom stereocenters. The van der Waals surface area contributed by atoms with Crippen molar-refractivity contribution in [2.45, 2.75) is 39.0 Å². The van der Waals surface area contributed by atoms with Gasteiger partial charge in [-0.15, -0.1) is 0 Å². The van der Waals surface area contributed by atoms with Crippen molar-refractivity contribution in [3.05, 3.63) is 59.8 Å². The van der Waals surface area contributed by atoms with Gasteiger partial charge in [-0.2, -0.15) is 13.2 Å². The number of carbonyl (C=O) groups is 1. The predicted molar refractivity (Wildman–Crippen MR) is 107 cm³/mol. The summed E-state index contributed by atoms with van der Waals surface area (Å²) in [5.41, 5.74) is 1.70. The summed E-state index contributed by atoms with van der Waals surface area (Å²) in [4.78, 5) is 15.8. The molecule has 2 N–H and O–H groups in total. The molecule has 156 valence electrons. The summed E-state index contributed by atoms with van der Waals surface area (Å²) in [7, 11) is 0. The standard InChI is InChI=1S/C23H21F3N2O2/c1-21-11-22(12-21,13-21)20(29)28-19-9-27-18-7-6-16(8-17(18)19)30-10-14-2-4-15(5-3-14)23(24,25)26/h2-9,27H,10-13H2,1H3,(H,28,29). The van der Waals surface area contributed by atoms with Crippen LogP contribution in [0.2, 0.25) is 0 Å². The van der Waals surface area contributed by atoms with E-state index < -0.39 is 11.7 Å². The average molecular weight is 414 g/mol. The van der Waals surface area contributed by atoms with Crippen LogP contribution in [0.4, 0.5) is 18.9 Å². The molecule has 3 fully saturated rings. The molecular formula is C23H21F3N2O2. The maximum Gasteiger partial charge on any atom is 0.416 e. The lowest BCUT2D eigenvalue weighted by atomic mass is 9.35. The SMILES string of the molecule is CC12CC(C(=O)Nc3c[nH]c4ccc(OCc5ccc(C(F)(F)F)cc5)cc34)(C1)C2. The van der Waals surface area contributed by atoms with Gasteiger partial charge in [0.1, 0.15) is 12.4 Å². The van der Waals surface area contributed by atoms with E-state index >= 15 is 0 Å². The van der Waals surface area contributed by atoms with E-state index in [4.69, 9.17) is 4.74 Å². The van der Waals surface area contributed by atoms with E-state index in [2.05, 4.69) is 17.2 Å². The van der Waals surface area contributed by atoms with Gasteiger partial charge in [-0.05, 0) is 60.6 Å². The molecule has 0 atom stereocenters. The number of rotatable bonds is 5. The highest BCUT2D eigenvalue weighted by Gasteiger charge is 2.68. The minimum atomic E-state index is -4.35. The van der Waals surface area contributed by atoms with Crippen LogP contribution < -0.4 is 10.1 Å². The van der Waals surface area contributed by atoms with E-state index in [1.165, 1.54) is 12.1 Å². The maximum absolute atomic E-state index is 12.7. The highest BCUT2D eigenvalue weighted by Crippen LogP contribution is 2.73. The summed E-state index contributed by atoms with van der Waals surface area (Å²) in [6.45, 7) is 2.37. The molecule has 0 radical (unpaired) electrons. The molecule has 7 heteroatoms. The molecule has 3 aromatic rings. The Labute approximate surface area is 171 Å². The molecule has 1 heterocycles. The largest absolute Gasteiger partial charge is 0.489 e.